The van der Waals surface area contributed by atoms with Gasteiger partial charge in [0.25, 0.3) is 0 Å². The molecule has 2 aliphatic rings. The molecule has 1 aromatic rings. The summed E-state index contributed by atoms with van der Waals surface area (Å²) >= 11 is 6.00. The van der Waals surface area contributed by atoms with Crippen LogP contribution in [0.25, 0.3) is 0 Å². The van der Waals surface area contributed by atoms with E-state index < -0.39 is 5.82 Å². The minimum atomic E-state index is -0.398. The normalized spacial score (nSPS) is 20.5. The number of rotatable bonds is 3. The first-order chi connectivity index (χ1) is 10.6. The highest BCUT2D eigenvalue weighted by atomic mass is 35.5. The second kappa shape index (κ2) is 6.97. The van der Waals surface area contributed by atoms with Crippen molar-refractivity contribution in [2.45, 2.75) is 38.1 Å². The van der Waals surface area contributed by atoms with Crippen LogP contribution in [0, 0.1) is 5.82 Å². The maximum atomic E-state index is 13.8. The number of nitrogens with zero attached hydrogens (tertiary/aromatic N) is 2. The molecule has 0 radical (unpaired) electrons. The summed E-state index contributed by atoms with van der Waals surface area (Å²) in [4.78, 5) is 16.7. The SMILES string of the molecule is O=C(Cc1c(F)cccc1Cl)N1CCN(C2CCCC2)CC1. The molecule has 0 spiro atoms. The Morgan fingerprint density at radius 3 is 2.50 bits per heavy atom. The zero-order chi connectivity index (χ0) is 15.5. The summed E-state index contributed by atoms with van der Waals surface area (Å²) in [6.45, 7) is 3.34. The number of halogens is 2. The molecule has 0 aromatic heterocycles. The highest BCUT2D eigenvalue weighted by Gasteiger charge is 2.28. The average molecular weight is 325 g/mol. The Labute approximate surface area is 136 Å². The average Bonchev–Trinajstić information content (AvgIpc) is 3.05. The number of carbonyl (C=O) groups excluding carboxylic acids is 1. The molecule has 3 rings (SSSR count). The molecule has 1 saturated heterocycles. The second-order valence-electron chi connectivity index (χ2n) is 6.23. The van der Waals surface area contributed by atoms with Crippen LogP contribution in [0.5, 0.6) is 0 Å². The van der Waals surface area contributed by atoms with Crippen LogP contribution in [0.1, 0.15) is 31.2 Å². The molecule has 22 heavy (non-hydrogen) atoms. The van der Waals surface area contributed by atoms with Crippen LogP contribution < -0.4 is 0 Å². The van der Waals surface area contributed by atoms with E-state index in [2.05, 4.69) is 4.90 Å². The first-order valence-electron chi connectivity index (χ1n) is 8.10. The zero-order valence-corrected chi connectivity index (χ0v) is 13.5. The molecule has 1 saturated carbocycles. The lowest BCUT2D eigenvalue weighted by Crippen LogP contribution is -2.51. The Morgan fingerprint density at radius 2 is 1.86 bits per heavy atom. The number of benzene rings is 1. The first kappa shape index (κ1) is 15.8. The van der Waals surface area contributed by atoms with E-state index >= 15 is 0 Å². The highest BCUT2D eigenvalue weighted by molar-refractivity contribution is 6.31. The fourth-order valence-corrected chi connectivity index (χ4v) is 3.80. The summed E-state index contributed by atoms with van der Waals surface area (Å²) in [6, 6.07) is 5.25. The molecule has 120 valence electrons. The van der Waals surface area contributed by atoms with Crippen molar-refractivity contribution in [2.24, 2.45) is 0 Å². The van der Waals surface area contributed by atoms with E-state index in [1.165, 1.54) is 31.7 Å². The first-order valence-corrected chi connectivity index (χ1v) is 8.47. The third-order valence-electron chi connectivity index (χ3n) is 4.90. The number of hydrogen-bond donors (Lipinski definition) is 0. The molecule has 0 unspecified atom stereocenters. The van der Waals surface area contributed by atoms with Gasteiger partial charge in [0.05, 0.1) is 6.42 Å². The van der Waals surface area contributed by atoms with Crippen LogP contribution in [-0.2, 0) is 11.2 Å². The Morgan fingerprint density at radius 1 is 1.18 bits per heavy atom. The van der Waals surface area contributed by atoms with E-state index in [9.17, 15) is 9.18 Å². The lowest BCUT2D eigenvalue weighted by molar-refractivity contribution is -0.132. The summed E-state index contributed by atoms with van der Waals surface area (Å²) in [5.41, 5.74) is 0.312. The quantitative estimate of drug-likeness (QED) is 0.853. The summed E-state index contributed by atoms with van der Waals surface area (Å²) < 4.78 is 13.8. The van der Waals surface area contributed by atoms with Gasteiger partial charge in [-0.1, -0.05) is 30.5 Å². The molecule has 3 nitrogen and oxygen atoms in total. The van der Waals surface area contributed by atoms with Gasteiger partial charge < -0.3 is 4.90 Å². The zero-order valence-electron chi connectivity index (χ0n) is 12.7. The van der Waals surface area contributed by atoms with Gasteiger partial charge in [-0.05, 0) is 25.0 Å². The van der Waals surface area contributed by atoms with E-state index in [0.29, 0.717) is 16.6 Å². The molecule has 1 aromatic carbocycles. The van der Waals surface area contributed by atoms with E-state index in [1.807, 2.05) is 4.90 Å². The van der Waals surface area contributed by atoms with Gasteiger partial charge in [-0.2, -0.15) is 0 Å². The van der Waals surface area contributed by atoms with E-state index in [4.69, 9.17) is 11.6 Å². The van der Waals surface area contributed by atoms with Crippen molar-refractivity contribution >= 4 is 17.5 Å². The van der Waals surface area contributed by atoms with Gasteiger partial charge in [-0.25, -0.2) is 4.39 Å². The van der Waals surface area contributed by atoms with Crippen molar-refractivity contribution < 1.29 is 9.18 Å². The van der Waals surface area contributed by atoms with Crippen molar-refractivity contribution in [3.05, 3.63) is 34.6 Å². The van der Waals surface area contributed by atoms with E-state index in [-0.39, 0.29) is 12.3 Å². The highest BCUT2D eigenvalue weighted by Crippen LogP contribution is 2.25. The fourth-order valence-electron chi connectivity index (χ4n) is 3.57. The summed E-state index contributed by atoms with van der Waals surface area (Å²) in [5, 5.41) is 0.331. The van der Waals surface area contributed by atoms with Gasteiger partial charge >= 0.3 is 0 Å². The third kappa shape index (κ3) is 3.44. The molecular formula is C17H22ClFN2O. The van der Waals surface area contributed by atoms with E-state index in [1.54, 1.807) is 12.1 Å². The monoisotopic (exact) mass is 324 g/mol. The Balaban J connectivity index is 1.55. The second-order valence-corrected chi connectivity index (χ2v) is 6.64. The van der Waals surface area contributed by atoms with Crippen molar-refractivity contribution in [3.63, 3.8) is 0 Å². The lowest BCUT2D eigenvalue weighted by atomic mass is 10.1. The van der Waals surface area contributed by atoms with Gasteiger partial charge in [0, 0.05) is 42.8 Å². The van der Waals surface area contributed by atoms with Crippen LogP contribution >= 0.6 is 11.6 Å². The van der Waals surface area contributed by atoms with Crippen molar-refractivity contribution in [3.8, 4) is 0 Å². The maximum Gasteiger partial charge on any atom is 0.227 e. The number of carbonyl (C=O) groups is 1. The van der Waals surface area contributed by atoms with Gasteiger partial charge in [0.1, 0.15) is 5.82 Å². The predicted octanol–water partition coefficient (Wildman–Crippen LogP) is 3.11. The molecule has 1 heterocycles. The summed E-state index contributed by atoms with van der Waals surface area (Å²) in [7, 11) is 0. The molecule has 5 heteroatoms. The molecule has 2 fully saturated rings. The van der Waals surface area contributed by atoms with Gasteiger partial charge in [0.15, 0.2) is 0 Å². The molecule has 0 N–H and O–H groups in total. The van der Waals surface area contributed by atoms with Gasteiger partial charge in [0.2, 0.25) is 5.91 Å². The topological polar surface area (TPSA) is 23.6 Å². The van der Waals surface area contributed by atoms with Crippen LogP contribution in [0.2, 0.25) is 5.02 Å². The summed E-state index contributed by atoms with van der Waals surface area (Å²) in [5.74, 6) is -0.427. The lowest BCUT2D eigenvalue weighted by Gasteiger charge is -2.38. The smallest absolute Gasteiger partial charge is 0.227 e. The van der Waals surface area contributed by atoms with E-state index in [0.717, 1.165) is 26.2 Å². The molecular weight excluding hydrogens is 303 g/mol. The summed E-state index contributed by atoms with van der Waals surface area (Å²) in [6.07, 6.45) is 5.29. The standard InChI is InChI=1S/C17H22ClFN2O/c18-15-6-3-7-16(19)14(15)12-17(22)21-10-8-20(9-11-21)13-4-1-2-5-13/h3,6-7,13H,1-2,4-5,8-12H2. The van der Waals surface area contributed by atoms with Crippen LogP contribution in [0.3, 0.4) is 0 Å². The predicted molar refractivity (Wildman–Crippen MR) is 85.5 cm³/mol. The third-order valence-corrected chi connectivity index (χ3v) is 5.25. The fraction of sp³-hybridized carbons (Fsp3) is 0.588. The Kier molecular flexibility index (Phi) is 4.99. The number of amides is 1. The number of piperazine rings is 1. The van der Waals surface area contributed by atoms with Crippen LogP contribution in [0.15, 0.2) is 18.2 Å². The van der Waals surface area contributed by atoms with Crippen molar-refractivity contribution in [2.75, 3.05) is 26.2 Å². The van der Waals surface area contributed by atoms with Crippen molar-refractivity contribution in [1.82, 2.24) is 9.80 Å². The molecule has 0 atom stereocenters. The Bertz CT molecular complexity index is 517. The largest absolute Gasteiger partial charge is 0.340 e. The van der Waals surface area contributed by atoms with Crippen LogP contribution in [0.4, 0.5) is 4.39 Å². The minimum absolute atomic E-state index is 0.0296. The van der Waals surface area contributed by atoms with Crippen LogP contribution in [-0.4, -0.2) is 47.9 Å². The molecule has 0 bridgehead atoms. The van der Waals surface area contributed by atoms with Gasteiger partial charge in [-0.15, -0.1) is 0 Å². The van der Waals surface area contributed by atoms with Gasteiger partial charge in [-0.3, -0.25) is 9.69 Å². The maximum absolute atomic E-state index is 13.8. The number of hydrogen-bond acceptors (Lipinski definition) is 2. The molecule has 1 aliphatic carbocycles. The Hall–Kier alpha value is -1.13. The molecule has 1 amide bonds. The van der Waals surface area contributed by atoms with Crippen molar-refractivity contribution in [1.29, 1.82) is 0 Å². The molecule has 1 aliphatic heterocycles. The minimum Gasteiger partial charge on any atom is -0.340 e.